The monoisotopic (exact) mass is 691 g/mol. The van der Waals surface area contributed by atoms with Gasteiger partial charge in [0.15, 0.2) is 17.5 Å². The highest BCUT2D eigenvalue weighted by Gasteiger charge is 2.19. The van der Waals surface area contributed by atoms with Crippen molar-refractivity contribution in [2.24, 2.45) is 4.99 Å². The van der Waals surface area contributed by atoms with E-state index in [9.17, 15) is 0 Å². The summed E-state index contributed by atoms with van der Waals surface area (Å²) in [5.41, 5.74) is 10.3. The second kappa shape index (κ2) is 14.7. The molecular weight excluding hydrogens is 659 g/mol. The van der Waals surface area contributed by atoms with Crippen LogP contribution < -0.4 is 0 Å². The summed E-state index contributed by atoms with van der Waals surface area (Å²) in [5, 5.41) is 2.15. The first-order valence-electron chi connectivity index (χ1n) is 17.9. The molecule has 54 heavy (non-hydrogen) atoms. The fraction of sp³-hybridized carbons (Fsp3) is 0. The maximum atomic E-state index is 5.34. The summed E-state index contributed by atoms with van der Waals surface area (Å²) in [6, 6.07) is 66.2. The van der Waals surface area contributed by atoms with Crippen LogP contribution >= 0.6 is 0 Å². The molecule has 2 heterocycles. The Morgan fingerprint density at radius 3 is 1.59 bits per heavy atom. The molecule has 0 radical (unpaired) electrons. The van der Waals surface area contributed by atoms with E-state index in [2.05, 4.69) is 97.1 Å². The Morgan fingerprint density at radius 1 is 0.389 bits per heavy atom. The third kappa shape index (κ3) is 6.82. The fourth-order valence-corrected chi connectivity index (χ4v) is 6.71. The molecule has 0 spiro atoms. The molecule has 0 atom stereocenters. The first kappa shape index (κ1) is 32.5. The maximum absolute atomic E-state index is 5.34. The van der Waals surface area contributed by atoms with Crippen LogP contribution in [-0.2, 0) is 0 Å². The Labute approximate surface area is 314 Å². The molecule has 9 aromatic rings. The summed E-state index contributed by atoms with van der Waals surface area (Å²) < 4.78 is 0. The van der Waals surface area contributed by atoms with Crippen LogP contribution in [0, 0.1) is 0 Å². The highest BCUT2D eigenvalue weighted by atomic mass is 15.1. The number of hydrogen-bond acceptors (Lipinski definition) is 5. The van der Waals surface area contributed by atoms with Gasteiger partial charge in [-0.15, -0.1) is 0 Å². The summed E-state index contributed by atoms with van der Waals surface area (Å²) in [7, 11) is 0. The van der Waals surface area contributed by atoms with Crippen molar-refractivity contribution in [2.45, 2.75) is 0 Å². The molecule has 0 unspecified atom stereocenters. The number of benzene rings is 7. The van der Waals surface area contributed by atoms with E-state index >= 15 is 0 Å². The van der Waals surface area contributed by atoms with E-state index in [0.717, 1.165) is 61.0 Å². The lowest BCUT2D eigenvalue weighted by atomic mass is 9.96. The number of fused-ring (bicyclic) bond motifs is 1. The number of aromatic nitrogens is 4. The van der Waals surface area contributed by atoms with E-state index < -0.39 is 0 Å². The van der Waals surface area contributed by atoms with Crippen molar-refractivity contribution in [3.63, 3.8) is 0 Å². The molecule has 5 heteroatoms. The van der Waals surface area contributed by atoms with Gasteiger partial charge in [0, 0.05) is 22.7 Å². The van der Waals surface area contributed by atoms with E-state index in [1.807, 2.05) is 103 Å². The second-order valence-electron chi connectivity index (χ2n) is 13.0. The zero-order chi connectivity index (χ0) is 36.1. The summed E-state index contributed by atoms with van der Waals surface area (Å²) in [4.78, 5) is 25.7. The average molecular weight is 692 g/mol. The highest BCUT2D eigenvalue weighted by Crippen LogP contribution is 2.34. The Kier molecular flexibility index (Phi) is 8.86. The number of pyridine rings is 1. The molecule has 0 fully saturated rings. The van der Waals surface area contributed by atoms with Crippen molar-refractivity contribution < 1.29 is 0 Å². The minimum absolute atomic E-state index is 0.451. The molecule has 0 N–H and O–H groups in total. The number of nitrogens with zero attached hydrogens (tertiary/aromatic N) is 5. The van der Waals surface area contributed by atoms with E-state index in [4.69, 9.17) is 24.9 Å². The predicted molar refractivity (Wildman–Crippen MR) is 220 cm³/mol. The predicted octanol–water partition coefficient (Wildman–Crippen LogP) is 11.9. The van der Waals surface area contributed by atoms with Crippen LogP contribution in [-0.4, -0.2) is 25.6 Å². The lowest BCUT2D eigenvalue weighted by Crippen LogP contribution is -2.12. The van der Waals surface area contributed by atoms with Gasteiger partial charge in [0.25, 0.3) is 0 Å². The smallest absolute Gasteiger partial charge is 0.183 e. The van der Waals surface area contributed by atoms with E-state index in [-0.39, 0.29) is 0 Å². The first-order valence-corrected chi connectivity index (χ1v) is 17.9. The van der Waals surface area contributed by atoms with Crippen molar-refractivity contribution in [3.05, 3.63) is 212 Å². The lowest BCUT2D eigenvalue weighted by Gasteiger charge is -2.14. The van der Waals surface area contributed by atoms with Crippen molar-refractivity contribution in [2.75, 3.05) is 0 Å². The van der Waals surface area contributed by atoms with Gasteiger partial charge in [-0.3, -0.25) is 4.98 Å². The number of aliphatic imine (C=N–C) groups is 1. The van der Waals surface area contributed by atoms with Gasteiger partial charge in [0.2, 0.25) is 0 Å². The van der Waals surface area contributed by atoms with Gasteiger partial charge in [-0.1, -0.05) is 158 Å². The van der Waals surface area contributed by atoms with Gasteiger partial charge in [0.1, 0.15) is 11.4 Å². The van der Waals surface area contributed by atoms with Crippen LogP contribution in [0.1, 0.15) is 11.4 Å². The molecular formula is C49H33N5. The van der Waals surface area contributed by atoms with Crippen LogP contribution in [0.2, 0.25) is 0 Å². The van der Waals surface area contributed by atoms with E-state index in [0.29, 0.717) is 28.9 Å². The van der Waals surface area contributed by atoms with E-state index in [1.54, 1.807) is 0 Å². The topological polar surface area (TPSA) is 63.9 Å². The van der Waals surface area contributed by atoms with Gasteiger partial charge in [-0.05, 0) is 75.2 Å². The third-order valence-corrected chi connectivity index (χ3v) is 9.39. The Hall–Kier alpha value is -7.37. The summed E-state index contributed by atoms with van der Waals surface area (Å²) in [6.45, 7) is 0. The normalized spacial score (nSPS) is 11.4. The molecule has 2 aromatic heterocycles. The lowest BCUT2D eigenvalue weighted by molar-refractivity contribution is 1.03. The SMILES string of the molecule is c1ccc(C(=Nc2cccc3ccccc23)c2nc(-c3cc(-c4ccccc4)cc(-c4ccccc4)c3)nc(-c3cc(-c4ccccc4)ccn3)n2)cc1. The second-order valence-corrected chi connectivity index (χ2v) is 13.0. The molecule has 7 aromatic carbocycles. The molecule has 0 aliphatic carbocycles. The molecule has 9 rings (SSSR count). The molecule has 0 saturated carbocycles. The van der Waals surface area contributed by atoms with Crippen LogP contribution in [0.3, 0.4) is 0 Å². The van der Waals surface area contributed by atoms with Crippen LogP contribution in [0.5, 0.6) is 0 Å². The van der Waals surface area contributed by atoms with Crippen LogP contribution in [0.4, 0.5) is 5.69 Å². The van der Waals surface area contributed by atoms with Gasteiger partial charge in [0.05, 0.1) is 5.69 Å². The van der Waals surface area contributed by atoms with E-state index in [1.165, 1.54) is 0 Å². The Balaban J connectivity index is 1.30. The van der Waals surface area contributed by atoms with Crippen molar-refractivity contribution in [1.29, 1.82) is 0 Å². The van der Waals surface area contributed by atoms with Crippen molar-refractivity contribution in [1.82, 2.24) is 19.9 Å². The molecule has 0 bridgehead atoms. The molecule has 0 aliphatic rings. The number of hydrogen-bond donors (Lipinski definition) is 0. The maximum Gasteiger partial charge on any atom is 0.183 e. The molecule has 0 aliphatic heterocycles. The Bertz CT molecular complexity index is 2680. The minimum Gasteiger partial charge on any atom is -0.253 e. The van der Waals surface area contributed by atoms with Gasteiger partial charge in [-0.25, -0.2) is 19.9 Å². The largest absolute Gasteiger partial charge is 0.253 e. The third-order valence-electron chi connectivity index (χ3n) is 9.39. The first-order chi connectivity index (χ1) is 26.7. The van der Waals surface area contributed by atoms with Gasteiger partial charge in [-0.2, -0.15) is 0 Å². The summed E-state index contributed by atoms with van der Waals surface area (Å²) in [5.74, 6) is 1.44. The molecule has 0 saturated heterocycles. The minimum atomic E-state index is 0.451. The zero-order valence-corrected chi connectivity index (χ0v) is 29.3. The van der Waals surface area contributed by atoms with Gasteiger partial charge < -0.3 is 0 Å². The molecule has 0 amide bonds. The fourth-order valence-electron chi connectivity index (χ4n) is 6.71. The summed E-state index contributed by atoms with van der Waals surface area (Å²) >= 11 is 0. The molecule has 254 valence electrons. The average Bonchev–Trinajstić information content (AvgIpc) is 3.26. The van der Waals surface area contributed by atoms with Crippen LogP contribution in [0.15, 0.2) is 205 Å². The molecule has 5 nitrogen and oxygen atoms in total. The number of rotatable bonds is 8. The highest BCUT2D eigenvalue weighted by molar-refractivity contribution is 6.13. The Morgan fingerprint density at radius 2 is 0.926 bits per heavy atom. The zero-order valence-electron chi connectivity index (χ0n) is 29.3. The van der Waals surface area contributed by atoms with Crippen molar-refractivity contribution >= 4 is 22.2 Å². The summed E-state index contributed by atoms with van der Waals surface area (Å²) in [6.07, 6.45) is 1.81. The standard InChI is InChI=1S/C49H33N5/c1-5-16-34(17-6-1)39-28-29-50-45(33-39)48-52-47(42-31-40(35-18-7-2-8-19-35)30-41(32-42)36-20-9-3-10-21-36)53-49(54-48)46(38-23-11-4-12-24-38)51-44-27-15-25-37-22-13-14-26-43(37)44/h1-33H. The van der Waals surface area contributed by atoms with Crippen molar-refractivity contribution in [3.8, 4) is 56.3 Å². The van der Waals surface area contributed by atoms with Gasteiger partial charge >= 0.3 is 0 Å². The van der Waals surface area contributed by atoms with Crippen LogP contribution in [0.25, 0.3) is 67.1 Å². The quantitative estimate of drug-likeness (QED) is 0.149.